The molecule has 1 aliphatic heterocycles. The average molecular weight is 210 g/mol. The van der Waals surface area contributed by atoms with Crippen molar-refractivity contribution in [1.82, 2.24) is 0 Å². The molecule has 2 rings (SSSR count). The van der Waals surface area contributed by atoms with Crippen LogP contribution in [0.4, 0.5) is 4.39 Å². The Bertz CT molecular complexity index is 310. The molecule has 0 bridgehead atoms. The zero-order chi connectivity index (χ0) is 10.7. The highest BCUT2D eigenvalue weighted by molar-refractivity contribution is 5.22. The number of halogens is 1. The Labute approximate surface area is 89.0 Å². The van der Waals surface area contributed by atoms with Crippen LogP contribution in [0.25, 0.3) is 0 Å². The second-order valence-electron chi connectivity index (χ2n) is 3.91. The molecule has 1 fully saturated rings. The van der Waals surface area contributed by atoms with Crippen molar-refractivity contribution in [3.05, 3.63) is 30.1 Å². The van der Waals surface area contributed by atoms with E-state index in [1.54, 1.807) is 12.1 Å². The maximum Gasteiger partial charge on any atom is 0.123 e. The summed E-state index contributed by atoms with van der Waals surface area (Å²) in [6, 6.07) is 6.06. The topological polar surface area (TPSA) is 18.5 Å². The maximum atomic E-state index is 12.6. The average Bonchev–Trinajstić information content (AvgIpc) is 2.64. The molecule has 1 heterocycles. The second kappa shape index (κ2) is 4.62. The van der Waals surface area contributed by atoms with Crippen molar-refractivity contribution < 1.29 is 13.9 Å². The largest absolute Gasteiger partial charge is 0.491 e. The van der Waals surface area contributed by atoms with Gasteiger partial charge in [-0.2, -0.15) is 0 Å². The molecule has 0 N–H and O–H groups in total. The smallest absolute Gasteiger partial charge is 0.123 e. The SMILES string of the molecule is CC1CCC(COc2ccc(F)cc2)O1. The molecule has 0 aliphatic carbocycles. The van der Waals surface area contributed by atoms with Crippen molar-refractivity contribution in [2.24, 2.45) is 0 Å². The van der Waals surface area contributed by atoms with Crippen LogP contribution in [-0.4, -0.2) is 18.8 Å². The second-order valence-corrected chi connectivity index (χ2v) is 3.91. The van der Waals surface area contributed by atoms with E-state index in [1.165, 1.54) is 12.1 Å². The van der Waals surface area contributed by atoms with Gasteiger partial charge in [-0.05, 0) is 44.0 Å². The first-order valence-electron chi connectivity index (χ1n) is 5.28. The van der Waals surface area contributed by atoms with Crippen LogP contribution in [-0.2, 0) is 4.74 Å². The summed E-state index contributed by atoms with van der Waals surface area (Å²) in [5.74, 6) is 0.452. The molecule has 0 amide bonds. The first-order chi connectivity index (χ1) is 7.24. The molecule has 1 aliphatic rings. The Morgan fingerprint density at radius 2 is 2.07 bits per heavy atom. The van der Waals surface area contributed by atoms with E-state index in [-0.39, 0.29) is 11.9 Å². The first kappa shape index (κ1) is 10.4. The summed E-state index contributed by atoms with van der Waals surface area (Å²) in [4.78, 5) is 0. The van der Waals surface area contributed by atoms with E-state index in [0.717, 1.165) is 12.8 Å². The highest BCUT2D eigenvalue weighted by Crippen LogP contribution is 2.20. The number of rotatable bonds is 3. The van der Waals surface area contributed by atoms with Gasteiger partial charge in [-0.15, -0.1) is 0 Å². The van der Waals surface area contributed by atoms with Crippen LogP contribution in [0, 0.1) is 5.82 Å². The molecule has 2 atom stereocenters. The molecule has 82 valence electrons. The predicted molar refractivity (Wildman–Crippen MR) is 55.5 cm³/mol. The van der Waals surface area contributed by atoms with E-state index >= 15 is 0 Å². The fraction of sp³-hybridized carbons (Fsp3) is 0.500. The Morgan fingerprint density at radius 3 is 2.67 bits per heavy atom. The fourth-order valence-corrected chi connectivity index (χ4v) is 1.73. The summed E-state index contributed by atoms with van der Waals surface area (Å²) in [6.45, 7) is 2.62. The van der Waals surface area contributed by atoms with Crippen LogP contribution in [0.3, 0.4) is 0 Å². The van der Waals surface area contributed by atoms with Crippen LogP contribution < -0.4 is 4.74 Å². The predicted octanol–water partition coefficient (Wildman–Crippen LogP) is 2.77. The van der Waals surface area contributed by atoms with Crippen LogP contribution in [0.1, 0.15) is 19.8 Å². The minimum Gasteiger partial charge on any atom is -0.491 e. The third kappa shape index (κ3) is 2.93. The van der Waals surface area contributed by atoms with Gasteiger partial charge >= 0.3 is 0 Å². The van der Waals surface area contributed by atoms with E-state index in [2.05, 4.69) is 6.92 Å². The van der Waals surface area contributed by atoms with Gasteiger partial charge in [-0.25, -0.2) is 4.39 Å². The summed E-state index contributed by atoms with van der Waals surface area (Å²) in [7, 11) is 0. The monoisotopic (exact) mass is 210 g/mol. The Morgan fingerprint density at radius 1 is 1.33 bits per heavy atom. The summed E-state index contributed by atoms with van der Waals surface area (Å²) < 4.78 is 23.7. The zero-order valence-electron chi connectivity index (χ0n) is 8.78. The molecule has 2 unspecified atom stereocenters. The van der Waals surface area contributed by atoms with Crippen molar-refractivity contribution in [2.75, 3.05) is 6.61 Å². The highest BCUT2D eigenvalue weighted by Gasteiger charge is 2.21. The molecular formula is C12H15FO2. The van der Waals surface area contributed by atoms with Crippen LogP contribution in [0.2, 0.25) is 0 Å². The minimum atomic E-state index is -0.243. The van der Waals surface area contributed by atoms with E-state index in [0.29, 0.717) is 18.5 Å². The van der Waals surface area contributed by atoms with Crippen LogP contribution in [0.5, 0.6) is 5.75 Å². The third-order valence-corrected chi connectivity index (χ3v) is 2.57. The van der Waals surface area contributed by atoms with Gasteiger partial charge in [0.2, 0.25) is 0 Å². The molecule has 1 aromatic rings. The third-order valence-electron chi connectivity index (χ3n) is 2.57. The molecule has 0 radical (unpaired) electrons. The van der Waals surface area contributed by atoms with Gasteiger partial charge in [0.15, 0.2) is 0 Å². The normalized spacial score (nSPS) is 25.5. The van der Waals surface area contributed by atoms with Gasteiger partial charge in [-0.3, -0.25) is 0 Å². The van der Waals surface area contributed by atoms with Crippen LogP contribution in [0.15, 0.2) is 24.3 Å². The van der Waals surface area contributed by atoms with Gasteiger partial charge < -0.3 is 9.47 Å². The van der Waals surface area contributed by atoms with Crippen LogP contribution >= 0.6 is 0 Å². The molecule has 2 nitrogen and oxygen atoms in total. The molecule has 3 heteroatoms. The van der Waals surface area contributed by atoms with Crippen molar-refractivity contribution in [3.63, 3.8) is 0 Å². The molecule has 0 aromatic heterocycles. The summed E-state index contributed by atoms with van der Waals surface area (Å²) >= 11 is 0. The summed E-state index contributed by atoms with van der Waals surface area (Å²) in [5, 5.41) is 0. The Balaban J connectivity index is 1.80. The molecule has 1 saturated heterocycles. The molecule has 0 spiro atoms. The van der Waals surface area contributed by atoms with Gasteiger partial charge in [0.05, 0.1) is 12.2 Å². The number of benzene rings is 1. The number of ether oxygens (including phenoxy) is 2. The number of hydrogen-bond donors (Lipinski definition) is 0. The first-order valence-corrected chi connectivity index (χ1v) is 5.28. The lowest BCUT2D eigenvalue weighted by atomic mass is 10.2. The molecule has 1 aromatic carbocycles. The maximum absolute atomic E-state index is 12.6. The van der Waals surface area contributed by atoms with Gasteiger partial charge in [0, 0.05) is 0 Å². The van der Waals surface area contributed by atoms with E-state index < -0.39 is 0 Å². The lowest BCUT2D eigenvalue weighted by molar-refractivity contribution is 0.0264. The van der Waals surface area contributed by atoms with Gasteiger partial charge in [0.1, 0.15) is 18.2 Å². The van der Waals surface area contributed by atoms with E-state index in [9.17, 15) is 4.39 Å². The molecule has 0 saturated carbocycles. The van der Waals surface area contributed by atoms with Gasteiger partial charge in [0.25, 0.3) is 0 Å². The van der Waals surface area contributed by atoms with Crippen molar-refractivity contribution in [2.45, 2.75) is 32.0 Å². The van der Waals surface area contributed by atoms with E-state index in [1.807, 2.05) is 0 Å². The van der Waals surface area contributed by atoms with Crippen molar-refractivity contribution in [1.29, 1.82) is 0 Å². The zero-order valence-corrected chi connectivity index (χ0v) is 8.78. The number of hydrogen-bond acceptors (Lipinski definition) is 2. The minimum absolute atomic E-state index is 0.185. The lowest BCUT2D eigenvalue weighted by Gasteiger charge is -2.12. The Kier molecular flexibility index (Phi) is 3.21. The molecular weight excluding hydrogens is 195 g/mol. The van der Waals surface area contributed by atoms with Gasteiger partial charge in [-0.1, -0.05) is 0 Å². The summed E-state index contributed by atoms with van der Waals surface area (Å²) in [6.07, 6.45) is 2.66. The van der Waals surface area contributed by atoms with Crippen molar-refractivity contribution in [3.8, 4) is 5.75 Å². The standard InChI is InChI=1S/C12H15FO2/c1-9-2-5-12(15-9)8-14-11-6-3-10(13)4-7-11/h3-4,6-7,9,12H,2,5,8H2,1H3. The summed E-state index contributed by atoms with van der Waals surface area (Å²) in [5.41, 5.74) is 0. The highest BCUT2D eigenvalue weighted by atomic mass is 19.1. The Hall–Kier alpha value is -1.09. The molecule has 15 heavy (non-hydrogen) atoms. The van der Waals surface area contributed by atoms with E-state index in [4.69, 9.17) is 9.47 Å². The quantitative estimate of drug-likeness (QED) is 0.763. The fourth-order valence-electron chi connectivity index (χ4n) is 1.73. The lowest BCUT2D eigenvalue weighted by Crippen LogP contribution is -2.17. The van der Waals surface area contributed by atoms with Crippen molar-refractivity contribution >= 4 is 0 Å².